The molecule has 0 aromatic heterocycles. The maximum atomic E-state index is 11.3. The Balaban J connectivity index is 2.75. The molecule has 90 valence electrons. The molecule has 1 atom stereocenters. The second-order valence-corrected chi connectivity index (χ2v) is 8.07. The third kappa shape index (κ3) is 3.71. The monoisotopic (exact) mass is 257 g/mol. The lowest BCUT2D eigenvalue weighted by atomic mass is 10.0. The van der Waals surface area contributed by atoms with E-state index in [1.807, 2.05) is 0 Å². The summed E-state index contributed by atoms with van der Waals surface area (Å²) in [7, 11) is -6.72. The molecule has 1 heterocycles. The standard InChI is InChI=1S/C7H15NO5S2/c1-7(2-4-14(10,11)6-7)8-15(12,13)5-3-9/h8-9H,2-6H2,1H3. The lowest BCUT2D eigenvalue weighted by Gasteiger charge is -2.23. The Morgan fingerprint density at radius 1 is 1.47 bits per heavy atom. The summed E-state index contributed by atoms with van der Waals surface area (Å²) in [6.45, 7) is 1.09. The van der Waals surface area contributed by atoms with Gasteiger partial charge in [0.05, 0.1) is 23.9 Å². The minimum Gasteiger partial charge on any atom is -0.395 e. The predicted molar refractivity (Wildman–Crippen MR) is 55.7 cm³/mol. The molecule has 15 heavy (non-hydrogen) atoms. The molecule has 0 aliphatic carbocycles. The van der Waals surface area contributed by atoms with Crippen LogP contribution in [0.1, 0.15) is 13.3 Å². The SMILES string of the molecule is CC1(NS(=O)(=O)CCO)CCS(=O)(=O)C1. The van der Waals surface area contributed by atoms with Crippen molar-refractivity contribution in [1.82, 2.24) is 4.72 Å². The van der Waals surface area contributed by atoms with Crippen LogP contribution in [0.5, 0.6) is 0 Å². The van der Waals surface area contributed by atoms with E-state index >= 15 is 0 Å². The summed E-state index contributed by atoms with van der Waals surface area (Å²) < 4.78 is 47.4. The van der Waals surface area contributed by atoms with E-state index in [1.165, 1.54) is 0 Å². The van der Waals surface area contributed by atoms with Crippen LogP contribution in [0.3, 0.4) is 0 Å². The summed E-state index contributed by atoms with van der Waals surface area (Å²) in [6, 6.07) is 0. The zero-order valence-corrected chi connectivity index (χ0v) is 10.1. The molecule has 1 saturated heterocycles. The van der Waals surface area contributed by atoms with Gasteiger partial charge in [-0.25, -0.2) is 21.6 Å². The van der Waals surface area contributed by atoms with Crippen molar-refractivity contribution in [2.75, 3.05) is 23.9 Å². The highest BCUT2D eigenvalue weighted by atomic mass is 32.2. The molecule has 2 N–H and O–H groups in total. The van der Waals surface area contributed by atoms with Gasteiger partial charge in [-0.15, -0.1) is 0 Å². The minimum absolute atomic E-state index is 0.00510. The molecular formula is C7H15NO5S2. The number of aliphatic hydroxyl groups excluding tert-OH is 1. The molecule has 0 amide bonds. The number of hydrogen-bond acceptors (Lipinski definition) is 5. The van der Waals surface area contributed by atoms with Gasteiger partial charge in [-0.05, 0) is 13.3 Å². The summed E-state index contributed by atoms with van der Waals surface area (Å²) in [4.78, 5) is 0. The summed E-state index contributed by atoms with van der Waals surface area (Å²) >= 11 is 0. The van der Waals surface area contributed by atoms with Gasteiger partial charge in [-0.1, -0.05) is 0 Å². The van der Waals surface area contributed by atoms with Crippen molar-refractivity contribution in [3.05, 3.63) is 0 Å². The van der Waals surface area contributed by atoms with Crippen molar-refractivity contribution in [1.29, 1.82) is 0 Å². The normalized spacial score (nSPS) is 30.5. The molecule has 0 aromatic rings. The molecule has 0 bridgehead atoms. The van der Waals surface area contributed by atoms with Gasteiger partial charge >= 0.3 is 0 Å². The van der Waals surface area contributed by atoms with Crippen LogP contribution in [-0.4, -0.2) is 51.3 Å². The highest BCUT2D eigenvalue weighted by Crippen LogP contribution is 2.23. The zero-order chi connectivity index (χ0) is 11.7. The fourth-order valence-corrected chi connectivity index (χ4v) is 5.09. The first-order chi connectivity index (χ1) is 6.68. The van der Waals surface area contributed by atoms with Crippen LogP contribution in [0.2, 0.25) is 0 Å². The Bertz CT molecular complexity index is 426. The first kappa shape index (κ1) is 12.9. The molecule has 0 spiro atoms. The smallest absolute Gasteiger partial charge is 0.214 e. The molecule has 1 aliphatic heterocycles. The first-order valence-electron chi connectivity index (χ1n) is 4.51. The number of hydrogen-bond donors (Lipinski definition) is 2. The van der Waals surface area contributed by atoms with Crippen molar-refractivity contribution in [2.45, 2.75) is 18.9 Å². The number of rotatable bonds is 4. The maximum Gasteiger partial charge on any atom is 0.214 e. The number of nitrogens with one attached hydrogen (secondary N) is 1. The van der Waals surface area contributed by atoms with E-state index in [4.69, 9.17) is 5.11 Å². The molecular weight excluding hydrogens is 242 g/mol. The topological polar surface area (TPSA) is 101 Å². The van der Waals surface area contributed by atoms with Gasteiger partial charge in [0.15, 0.2) is 9.84 Å². The van der Waals surface area contributed by atoms with E-state index in [1.54, 1.807) is 6.92 Å². The van der Waals surface area contributed by atoms with E-state index < -0.39 is 37.8 Å². The van der Waals surface area contributed by atoms with E-state index in [2.05, 4.69) is 4.72 Å². The van der Waals surface area contributed by atoms with E-state index in [-0.39, 0.29) is 17.9 Å². The quantitative estimate of drug-likeness (QED) is 0.636. The van der Waals surface area contributed by atoms with Crippen molar-refractivity contribution in [2.24, 2.45) is 0 Å². The van der Waals surface area contributed by atoms with Gasteiger partial charge in [0, 0.05) is 5.54 Å². The first-order valence-corrected chi connectivity index (χ1v) is 7.98. The Hall–Kier alpha value is -0.180. The average molecular weight is 257 g/mol. The molecule has 0 radical (unpaired) electrons. The summed E-state index contributed by atoms with van der Waals surface area (Å²) in [6.07, 6.45) is 0.278. The van der Waals surface area contributed by atoms with Crippen LogP contribution in [0.4, 0.5) is 0 Å². The molecule has 6 nitrogen and oxygen atoms in total. The Morgan fingerprint density at radius 3 is 2.47 bits per heavy atom. The van der Waals surface area contributed by atoms with Crippen LogP contribution >= 0.6 is 0 Å². The average Bonchev–Trinajstić information content (AvgIpc) is 2.23. The predicted octanol–water partition coefficient (Wildman–Crippen LogP) is -1.52. The lowest BCUT2D eigenvalue weighted by Crippen LogP contribution is -2.48. The van der Waals surface area contributed by atoms with Crippen molar-refractivity contribution < 1.29 is 21.9 Å². The third-order valence-electron chi connectivity index (χ3n) is 2.27. The van der Waals surface area contributed by atoms with Gasteiger partial charge in [-0.3, -0.25) is 0 Å². The molecule has 8 heteroatoms. The van der Waals surface area contributed by atoms with Crippen LogP contribution in [0, 0.1) is 0 Å². The van der Waals surface area contributed by atoms with Gasteiger partial charge in [-0.2, -0.15) is 0 Å². The number of aliphatic hydroxyl groups is 1. The van der Waals surface area contributed by atoms with E-state index in [0.717, 1.165) is 0 Å². The van der Waals surface area contributed by atoms with E-state index in [0.29, 0.717) is 0 Å². The largest absolute Gasteiger partial charge is 0.395 e. The van der Waals surface area contributed by atoms with Crippen LogP contribution in [0.15, 0.2) is 0 Å². The summed E-state index contributed by atoms with van der Waals surface area (Å²) in [5, 5.41) is 8.53. The molecule has 1 unspecified atom stereocenters. The fraction of sp³-hybridized carbons (Fsp3) is 1.00. The second kappa shape index (κ2) is 4.00. The van der Waals surface area contributed by atoms with Gasteiger partial charge in [0.1, 0.15) is 0 Å². The van der Waals surface area contributed by atoms with Crippen LogP contribution in [-0.2, 0) is 19.9 Å². The van der Waals surface area contributed by atoms with Crippen molar-refractivity contribution in [3.8, 4) is 0 Å². The Kier molecular flexibility index (Phi) is 3.44. The third-order valence-corrected chi connectivity index (χ3v) is 5.69. The molecule has 1 aliphatic rings. The fourth-order valence-electron chi connectivity index (χ4n) is 1.64. The second-order valence-electron chi connectivity index (χ2n) is 4.05. The Labute approximate surface area is 89.7 Å². The number of sulfone groups is 1. The van der Waals surface area contributed by atoms with Crippen molar-refractivity contribution in [3.63, 3.8) is 0 Å². The summed E-state index contributed by atoms with van der Waals surface area (Å²) in [5.74, 6) is -0.571. The molecule has 1 rings (SSSR count). The van der Waals surface area contributed by atoms with Crippen molar-refractivity contribution >= 4 is 19.9 Å². The van der Waals surface area contributed by atoms with Crippen LogP contribution < -0.4 is 4.72 Å². The zero-order valence-electron chi connectivity index (χ0n) is 8.43. The minimum atomic E-state index is -3.59. The molecule has 0 saturated carbocycles. The van der Waals surface area contributed by atoms with Gasteiger partial charge in [0.2, 0.25) is 10.0 Å². The Morgan fingerprint density at radius 2 is 2.07 bits per heavy atom. The summed E-state index contributed by atoms with van der Waals surface area (Å²) in [5.41, 5.74) is -0.924. The van der Waals surface area contributed by atoms with Crippen LogP contribution in [0.25, 0.3) is 0 Å². The van der Waals surface area contributed by atoms with E-state index in [9.17, 15) is 16.8 Å². The lowest BCUT2D eigenvalue weighted by molar-refractivity contribution is 0.318. The maximum absolute atomic E-state index is 11.3. The highest BCUT2D eigenvalue weighted by molar-refractivity contribution is 7.92. The van der Waals surface area contributed by atoms with Gasteiger partial charge < -0.3 is 5.11 Å². The van der Waals surface area contributed by atoms with Gasteiger partial charge in [0.25, 0.3) is 0 Å². The number of sulfonamides is 1. The highest BCUT2D eigenvalue weighted by Gasteiger charge is 2.40. The molecule has 0 aromatic carbocycles. The molecule has 1 fully saturated rings.